The summed E-state index contributed by atoms with van der Waals surface area (Å²) in [4.78, 5) is 13.3. The van der Waals surface area contributed by atoms with E-state index in [0.717, 1.165) is 43.9 Å². The fourth-order valence-corrected chi connectivity index (χ4v) is 7.11. The van der Waals surface area contributed by atoms with E-state index in [1.807, 2.05) is 12.2 Å². The first kappa shape index (κ1) is 50.3. The Morgan fingerprint density at radius 3 is 2.00 bits per heavy atom. The maximum absolute atomic E-state index is 13.3. The Bertz CT molecular complexity index is 1620. The summed E-state index contributed by atoms with van der Waals surface area (Å²) in [7, 11) is 0. The molecule has 3 fully saturated rings. The largest absolute Gasteiger partial charge is 0.508 e. The van der Waals surface area contributed by atoms with Gasteiger partial charge in [0.1, 0.15) is 84.7 Å². The lowest BCUT2D eigenvalue weighted by Gasteiger charge is -2.49. The van der Waals surface area contributed by atoms with Crippen LogP contribution in [0.4, 0.5) is 0 Å². The van der Waals surface area contributed by atoms with Gasteiger partial charge < -0.3 is 94.8 Å². The molecule has 3 aliphatic rings. The summed E-state index contributed by atoms with van der Waals surface area (Å²) < 4.78 is 34.6. The molecule has 3 aliphatic heterocycles. The number of aliphatic hydroxyl groups is 11. The van der Waals surface area contributed by atoms with E-state index in [1.165, 1.54) is 12.2 Å². The number of carbonyl (C=O) groups excluding carboxylic acids is 1. The third kappa shape index (κ3) is 13.1. The number of hydrogen-bond acceptors (Lipinski definition) is 20. The third-order valence-electron chi connectivity index (χ3n) is 10.4. The SMILES string of the molecule is CCCCCC=CC=C[C@H](O)CC=CC=CC(=O)O[C@@H]1[C@@H](O)[C@H](c2c(O)cc(O)cc2CO)O[C@H](CO)[C@H]1O[C@@H]1O[C@H](CO)[C@H](O)[C@H](O)[C@H]1O[C@@H]1O[C@H](CO)[C@H](O)[C@H](O)[C@H]1O. The molecule has 0 radical (unpaired) electrons. The normalized spacial score (nSPS) is 35.4. The number of hydrogen-bond donors (Lipinski definition) is 13. The first-order valence-electron chi connectivity index (χ1n) is 20.1. The maximum Gasteiger partial charge on any atom is 0.331 e. The second-order valence-electron chi connectivity index (χ2n) is 14.9. The minimum Gasteiger partial charge on any atom is -0.508 e. The Morgan fingerprint density at radius 1 is 0.705 bits per heavy atom. The van der Waals surface area contributed by atoms with E-state index in [-0.39, 0.29) is 17.5 Å². The number of esters is 1. The second kappa shape index (κ2) is 24.5. The Labute approximate surface area is 352 Å². The van der Waals surface area contributed by atoms with Gasteiger partial charge in [-0.25, -0.2) is 4.79 Å². The number of allylic oxidation sites excluding steroid dienone is 5. The van der Waals surface area contributed by atoms with Crippen molar-refractivity contribution in [2.75, 3.05) is 19.8 Å². The predicted octanol–water partition coefficient (Wildman–Crippen LogP) is -2.14. The van der Waals surface area contributed by atoms with Crippen LogP contribution in [0, 0.1) is 0 Å². The van der Waals surface area contributed by atoms with Crippen molar-refractivity contribution < 1.29 is 99.6 Å². The van der Waals surface area contributed by atoms with Crippen LogP contribution in [0.5, 0.6) is 11.5 Å². The molecule has 3 heterocycles. The number of ether oxygens (including phenoxy) is 6. The number of phenolic OH excluding ortho intramolecular Hbond substituents is 2. The van der Waals surface area contributed by atoms with Gasteiger partial charge in [-0.1, -0.05) is 62.3 Å². The Kier molecular flexibility index (Phi) is 20.1. The fraction of sp³-hybridized carbons (Fsp3) is 0.634. The lowest BCUT2D eigenvalue weighted by Crippen LogP contribution is -2.66. The predicted molar refractivity (Wildman–Crippen MR) is 209 cm³/mol. The molecule has 4 rings (SSSR count). The molecule has 20 heteroatoms. The second-order valence-corrected chi connectivity index (χ2v) is 14.9. The highest BCUT2D eigenvalue weighted by atomic mass is 16.8. The molecule has 1 aromatic carbocycles. The van der Waals surface area contributed by atoms with E-state index < -0.39 is 142 Å². The zero-order valence-corrected chi connectivity index (χ0v) is 33.5. The summed E-state index contributed by atoms with van der Waals surface area (Å²) in [5.41, 5.74) is -0.361. The van der Waals surface area contributed by atoms with Gasteiger partial charge in [-0.2, -0.15) is 0 Å². The van der Waals surface area contributed by atoms with Gasteiger partial charge in [0.2, 0.25) is 0 Å². The first-order chi connectivity index (χ1) is 29.2. The highest BCUT2D eigenvalue weighted by Gasteiger charge is 2.55. The van der Waals surface area contributed by atoms with Gasteiger partial charge in [-0.3, -0.25) is 0 Å². The standard InChI is InChI=1S/C41H60O20/c1-2-3-4-5-6-7-9-12-22(46)13-10-8-11-14-28(49)59-38-35(55)37(29-21(17-42)15-23(47)16-24(29)48)56-27(20-45)36(38)60-41-39(33(53)31(51)26(19-44)58-41)61-40-34(54)32(52)30(50)25(18-43)57-40/h6-12,14-16,22,25-27,30-48,50-55H,2-5,13,17-20H2,1H3/t22-,25+,26+,27+,30-,31-,32-,33-,34+,35-,36+,37-,38+,39+,40-,41-/m0/s1. The van der Waals surface area contributed by atoms with Crippen molar-refractivity contribution in [3.63, 3.8) is 0 Å². The molecule has 20 nitrogen and oxygen atoms in total. The van der Waals surface area contributed by atoms with Crippen LogP contribution in [0.3, 0.4) is 0 Å². The summed E-state index contributed by atoms with van der Waals surface area (Å²) >= 11 is 0. The third-order valence-corrected chi connectivity index (χ3v) is 10.4. The van der Waals surface area contributed by atoms with Crippen molar-refractivity contribution in [3.05, 3.63) is 71.9 Å². The molecule has 1 aromatic rings. The lowest BCUT2D eigenvalue weighted by molar-refractivity contribution is -0.383. The number of carbonyl (C=O) groups is 1. The lowest BCUT2D eigenvalue weighted by atomic mass is 9.88. The summed E-state index contributed by atoms with van der Waals surface area (Å²) in [6, 6.07) is 1.97. The van der Waals surface area contributed by atoms with E-state index in [1.54, 1.807) is 18.2 Å². The van der Waals surface area contributed by atoms with Gasteiger partial charge in [0, 0.05) is 17.7 Å². The fourth-order valence-electron chi connectivity index (χ4n) is 7.11. The highest BCUT2D eigenvalue weighted by Crippen LogP contribution is 2.43. The van der Waals surface area contributed by atoms with Gasteiger partial charge in [-0.05, 0) is 30.9 Å². The Morgan fingerprint density at radius 2 is 1.34 bits per heavy atom. The number of aromatic hydroxyl groups is 2. The van der Waals surface area contributed by atoms with E-state index in [0.29, 0.717) is 0 Å². The minimum absolute atomic E-state index is 0.112. The van der Waals surface area contributed by atoms with Crippen molar-refractivity contribution in [3.8, 4) is 11.5 Å². The molecule has 0 bridgehead atoms. The van der Waals surface area contributed by atoms with E-state index in [2.05, 4.69) is 6.92 Å². The molecule has 344 valence electrons. The van der Waals surface area contributed by atoms with Crippen molar-refractivity contribution in [1.29, 1.82) is 0 Å². The molecular weight excluding hydrogens is 812 g/mol. The van der Waals surface area contributed by atoms with E-state index >= 15 is 0 Å². The van der Waals surface area contributed by atoms with Crippen LogP contribution in [-0.4, -0.2) is 184 Å². The number of aliphatic hydroxyl groups excluding tert-OH is 11. The molecule has 3 saturated heterocycles. The van der Waals surface area contributed by atoms with Gasteiger partial charge >= 0.3 is 5.97 Å². The molecule has 16 atom stereocenters. The average Bonchev–Trinajstić information content (AvgIpc) is 3.24. The first-order valence-corrected chi connectivity index (χ1v) is 20.1. The smallest absolute Gasteiger partial charge is 0.331 e. The average molecular weight is 873 g/mol. The molecule has 61 heavy (non-hydrogen) atoms. The van der Waals surface area contributed by atoms with Gasteiger partial charge in [0.25, 0.3) is 0 Å². The zero-order valence-electron chi connectivity index (χ0n) is 33.5. The van der Waals surface area contributed by atoms with Crippen molar-refractivity contribution in [1.82, 2.24) is 0 Å². The van der Waals surface area contributed by atoms with Crippen LogP contribution >= 0.6 is 0 Å². The minimum atomic E-state index is -2.02. The zero-order chi connectivity index (χ0) is 44.8. The van der Waals surface area contributed by atoms with Crippen LogP contribution in [0.25, 0.3) is 0 Å². The van der Waals surface area contributed by atoms with Crippen LogP contribution in [0.1, 0.15) is 56.3 Å². The van der Waals surface area contributed by atoms with E-state index in [4.69, 9.17) is 28.4 Å². The molecule has 13 N–H and O–H groups in total. The van der Waals surface area contributed by atoms with Crippen LogP contribution in [-0.2, 0) is 39.8 Å². The van der Waals surface area contributed by atoms with Crippen LogP contribution in [0.15, 0.2) is 60.7 Å². The Hall–Kier alpha value is -3.39. The monoisotopic (exact) mass is 872 g/mol. The van der Waals surface area contributed by atoms with Gasteiger partial charge in [0.15, 0.2) is 18.7 Å². The van der Waals surface area contributed by atoms with Gasteiger partial charge in [0.05, 0.1) is 32.5 Å². The Balaban J connectivity index is 1.62. The summed E-state index contributed by atoms with van der Waals surface area (Å²) in [5, 5.41) is 136. The molecule has 0 aromatic heterocycles. The quantitative estimate of drug-likeness (QED) is 0.0288. The van der Waals surface area contributed by atoms with Gasteiger partial charge in [-0.15, -0.1) is 0 Å². The van der Waals surface area contributed by atoms with Crippen molar-refractivity contribution >= 4 is 5.97 Å². The molecule has 0 unspecified atom stereocenters. The number of benzene rings is 1. The number of unbranched alkanes of at least 4 members (excludes halogenated alkanes) is 3. The van der Waals surface area contributed by atoms with Crippen molar-refractivity contribution in [2.24, 2.45) is 0 Å². The summed E-state index contributed by atoms with van der Waals surface area (Å²) in [5.74, 6) is -2.19. The number of phenols is 2. The molecule has 0 saturated carbocycles. The molecule has 0 amide bonds. The molecule has 0 spiro atoms. The highest BCUT2D eigenvalue weighted by molar-refractivity contribution is 5.82. The summed E-state index contributed by atoms with van der Waals surface area (Å²) in [6.07, 6.45) is -11.2. The van der Waals surface area contributed by atoms with Crippen molar-refractivity contribution in [2.45, 2.75) is 144 Å². The molecular formula is C41H60O20. The van der Waals surface area contributed by atoms with Crippen LogP contribution < -0.4 is 0 Å². The van der Waals surface area contributed by atoms with E-state index in [9.17, 15) is 71.2 Å². The maximum atomic E-state index is 13.3. The van der Waals surface area contributed by atoms with Crippen LogP contribution in [0.2, 0.25) is 0 Å². The topological polar surface area (TPSA) is 335 Å². The summed E-state index contributed by atoms with van der Waals surface area (Å²) in [6.45, 7) is -1.34. The molecule has 0 aliphatic carbocycles. The number of rotatable bonds is 20.